The lowest BCUT2D eigenvalue weighted by atomic mass is 9.84. The van der Waals surface area contributed by atoms with E-state index in [-0.39, 0.29) is 18.2 Å². The van der Waals surface area contributed by atoms with Crippen molar-refractivity contribution >= 4 is 23.7 Å². The van der Waals surface area contributed by atoms with Gasteiger partial charge in [0.15, 0.2) is 5.54 Å². The number of alkyl halides is 2. The Morgan fingerprint density at radius 2 is 2.07 bits per heavy atom. The van der Waals surface area contributed by atoms with E-state index in [9.17, 15) is 18.4 Å². The van der Waals surface area contributed by atoms with Crippen LogP contribution in [0.4, 0.5) is 13.6 Å². The second kappa shape index (κ2) is 7.55. The Hall–Kier alpha value is -2.81. The number of ether oxygens (including phenoxy) is 2. The fourth-order valence-electron chi connectivity index (χ4n) is 3.70. The number of thioether (sulfide) groups is 1. The average molecular weight is 420 g/mol. The van der Waals surface area contributed by atoms with E-state index >= 15 is 0 Å². The first-order valence-corrected chi connectivity index (χ1v) is 9.81. The summed E-state index contributed by atoms with van der Waals surface area (Å²) in [7, 11) is 1.39. The number of carbonyl (C=O) groups is 2. The first-order valence-electron chi connectivity index (χ1n) is 8.93. The van der Waals surface area contributed by atoms with E-state index < -0.39 is 17.3 Å². The molecule has 4 rings (SSSR count). The number of benzene rings is 2. The van der Waals surface area contributed by atoms with Gasteiger partial charge in [-0.25, -0.2) is 4.79 Å². The van der Waals surface area contributed by atoms with Crippen molar-refractivity contribution in [1.82, 2.24) is 10.2 Å². The van der Waals surface area contributed by atoms with Crippen LogP contribution in [-0.2, 0) is 16.9 Å². The first kappa shape index (κ1) is 19.5. The Kier molecular flexibility index (Phi) is 5.08. The van der Waals surface area contributed by atoms with Gasteiger partial charge in [-0.3, -0.25) is 9.69 Å². The molecule has 29 heavy (non-hydrogen) atoms. The number of rotatable bonds is 5. The lowest BCUT2D eigenvalue weighted by Crippen LogP contribution is -2.47. The molecule has 152 valence electrons. The minimum absolute atomic E-state index is 0.00538. The predicted molar refractivity (Wildman–Crippen MR) is 102 cm³/mol. The zero-order chi connectivity index (χ0) is 20.6. The van der Waals surface area contributed by atoms with Gasteiger partial charge < -0.3 is 14.8 Å². The number of halogens is 2. The van der Waals surface area contributed by atoms with Crippen LogP contribution in [0, 0.1) is 0 Å². The standard InChI is InChI=1S/C20H18F2N2O4S/c1-27-15-10-12(6-7-16(15)29-18(21)22)11-24-17(25)20(23-19(24)26)8-9-28-14-5-3-2-4-13(14)20/h2-7,10,18H,8-9,11H2,1H3,(H,23,26). The maximum atomic E-state index is 13.3. The number of urea groups is 1. The van der Waals surface area contributed by atoms with E-state index in [0.717, 1.165) is 4.90 Å². The zero-order valence-corrected chi connectivity index (χ0v) is 16.3. The molecule has 0 radical (unpaired) electrons. The molecule has 1 unspecified atom stereocenters. The van der Waals surface area contributed by atoms with E-state index in [1.54, 1.807) is 30.3 Å². The molecule has 1 N–H and O–H groups in total. The summed E-state index contributed by atoms with van der Waals surface area (Å²) in [4.78, 5) is 27.4. The molecule has 1 fully saturated rings. The minimum atomic E-state index is -2.57. The van der Waals surface area contributed by atoms with Crippen molar-refractivity contribution in [2.24, 2.45) is 0 Å². The molecule has 0 aliphatic carbocycles. The Bertz CT molecular complexity index is 971. The van der Waals surface area contributed by atoms with Gasteiger partial charge in [0.05, 0.1) is 25.2 Å². The topological polar surface area (TPSA) is 67.9 Å². The van der Waals surface area contributed by atoms with Crippen LogP contribution < -0.4 is 14.8 Å². The van der Waals surface area contributed by atoms with Gasteiger partial charge in [-0.05, 0) is 23.8 Å². The number of methoxy groups -OCH3 is 1. The maximum Gasteiger partial charge on any atom is 0.325 e. The van der Waals surface area contributed by atoms with Crippen molar-refractivity contribution in [3.63, 3.8) is 0 Å². The summed E-state index contributed by atoms with van der Waals surface area (Å²) < 4.78 is 36.2. The van der Waals surface area contributed by atoms with Gasteiger partial charge in [-0.1, -0.05) is 36.0 Å². The Morgan fingerprint density at radius 3 is 2.83 bits per heavy atom. The highest BCUT2D eigenvalue weighted by molar-refractivity contribution is 7.99. The molecule has 1 spiro atoms. The number of fused-ring (bicyclic) bond motifs is 2. The Labute approximate surface area is 170 Å². The molecule has 2 aromatic rings. The smallest absolute Gasteiger partial charge is 0.325 e. The van der Waals surface area contributed by atoms with Crippen molar-refractivity contribution < 1.29 is 27.8 Å². The van der Waals surface area contributed by atoms with Crippen LogP contribution in [0.15, 0.2) is 47.4 Å². The monoisotopic (exact) mass is 420 g/mol. The third-order valence-electron chi connectivity index (χ3n) is 5.04. The van der Waals surface area contributed by atoms with Crippen molar-refractivity contribution in [2.45, 2.75) is 29.2 Å². The Balaban J connectivity index is 1.62. The normalized spacial score (nSPS) is 20.6. The first-order chi connectivity index (χ1) is 13.9. The van der Waals surface area contributed by atoms with Crippen molar-refractivity contribution in [3.05, 3.63) is 53.6 Å². The van der Waals surface area contributed by atoms with E-state index in [1.807, 2.05) is 6.07 Å². The predicted octanol–water partition coefficient (Wildman–Crippen LogP) is 3.74. The third kappa shape index (κ3) is 3.39. The quantitative estimate of drug-likeness (QED) is 0.590. The molecule has 9 heteroatoms. The largest absolute Gasteiger partial charge is 0.496 e. The van der Waals surface area contributed by atoms with Crippen LogP contribution in [0.2, 0.25) is 0 Å². The average Bonchev–Trinajstić information content (AvgIpc) is 2.94. The molecule has 0 saturated carbocycles. The number of nitrogens with one attached hydrogen (secondary N) is 1. The van der Waals surface area contributed by atoms with Crippen LogP contribution in [0.1, 0.15) is 17.5 Å². The lowest BCUT2D eigenvalue weighted by Gasteiger charge is -2.33. The summed E-state index contributed by atoms with van der Waals surface area (Å²) in [6.07, 6.45) is 0.332. The molecule has 6 nitrogen and oxygen atoms in total. The summed E-state index contributed by atoms with van der Waals surface area (Å²) in [6.45, 7) is 0.315. The molecule has 2 aliphatic heterocycles. The van der Waals surface area contributed by atoms with Crippen LogP contribution >= 0.6 is 11.8 Å². The minimum Gasteiger partial charge on any atom is -0.496 e. The van der Waals surface area contributed by atoms with Gasteiger partial charge in [-0.2, -0.15) is 8.78 Å². The lowest BCUT2D eigenvalue weighted by molar-refractivity contribution is -0.133. The highest BCUT2D eigenvalue weighted by Crippen LogP contribution is 2.41. The number of amides is 3. The summed E-state index contributed by atoms with van der Waals surface area (Å²) >= 11 is 0.380. The van der Waals surface area contributed by atoms with Gasteiger partial charge in [0.25, 0.3) is 11.7 Å². The van der Waals surface area contributed by atoms with Crippen LogP contribution in [0.25, 0.3) is 0 Å². The maximum absolute atomic E-state index is 13.3. The van der Waals surface area contributed by atoms with Gasteiger partial charge in [0, 0.05) is 12.0 Å². The van der Waals surface area contributed by atoms with Crippen molar-refractivity contribution in [2.75, 3.05) is 13.7 Å². The van der Waals surface area contributed by atoms with E-state index in [2.05, 4.69) is 5.32 Å². The molecule has 0 aromatic heterocycles. The molecule has 1 atom stereocenters. The number of hydrogen-bond donors (Lipinski definition) is 1. The Morgan fingerprint density at radius 1 is 1.28 bits per heavy atom. The number of para-hydroxylation sites is 1. The fourth-order valence-corrected chi connectivity index (χ4v) is 4.30. The molecular formula is C20H18F2N2O4S. The highest BCUT2D eigenvalue weighted by atomic mass is 32.2. The second-order valence-corrected chi connectivity index (χ2v) is 7.72. The highest BCUT2D eigenvalue weighted by Gasteiger charge is 2.54. The summed E-state index contributed by atoms with van der Waals surface area (Å²) in [6, 6.07) is 11.3. The summed E-state index contributed by atoms with van der Waals surface area (Å²) in [5.41, 5.74) is 0.0799. The number of nitrogens with zero attached hydrogens (tertiary/aromatic N) is 1. The van der Waals surface area contributed by atoms with Crippen molar-refractivity contribution in [1.29, 1.82) is 0 Å². The summed E-state index contributed by atoms with van der Waals surface area (Å²) in [5, 5.41) is 2.83. The zero-order valence-electron chi connectivity index (χ0n) is 15.5. The van der Waals surface area contributed by atoms with Crippen LogP contribution in [0.3, 0.4) is 0 Å². The molecule has 3 amide bonds. The van der Waals surface area contributed by atoms with E-state index in [1.165, 1.54) is 13.2 Å². The van der Waals surface area contributed by atoms with Gasteiger partial charge in [0.2, 0.25) is 0 Å². The molecule has 2 heterocycles. The number of hydrogen-bond acceptors (Lipinski definition) is 5. The van der Waals surface area contributed by atoms with Gasteiger partial charge in [-0.15, -0.1) is 0 Å². The van der Waals surface area contributed by atoms with Crippen LogP contribution in [-0.4, -0.2) is 36.3 Å². The van der Waals surface area contributed by atoms with E-state index in [4.69, 9.17) is 9.47 Å². The molecule has 0 bridgehead atoms. The summed E-state index contributed by atoms with van der Waals surface area (Å²) in [5.74, 6) is -2.09. The fraction of sp³-hybridized carbons (Fsp3) is 0.300. The third-order valence-corrected chi connectivity index (χ3v) is 5.81. The molecule has 2 aromatic carbocycles. The molecular weight excluding hydrogens is 402 g/mol. The molecule has 2 aliphatic rings. The van der Waals surface area contributed by atoms with Crippen molar-refractivity contribution in [3.8, 4) is 11.5 Å². The van der Waals surface area contributed by atoms with E-state index in [0.29, 0.717) is 46.6 Å². The van der Waals surface area contributed by atoms with Crippen LogP contribution in [0.5, 0.6) is 11.5 Å². The number of imide groups is 1. The number of carbonyl (C=O) groups excluding carboxylic acids is 2. The second-order valence-electron chi connectivity index (χ2n) is 6.69. The van der Waals surface area contributed by atoms with Gasteiger partial charge >= 0.3 is 6.03 Å². The van der Waals surface area contributed by atoms with Gasteiger partial charge in [0.1, 0.15) is 11.5 Å². The molecule has 1 saturated heterocycles. The SMILES string of the molecule is COc1cc(CN2C(=O)NC3(CCOc4ccccc43)C2=O)ccc1SC(F)F.